The Kier molecular flexibility index (Phi) is 3.35. The third-order valence-electron chi connectivity index (χ3n) is 1.79. The van der Waals surface area contributed by atoms with Gasteiger partial charge in [0.25, 0.3) is 0 Å². The zero-order valence-corrected chi connectivity index (χ0v) is 8.95. The molecule has 14 heavy (non-hydrogen) atoms. The molecule has 1 aromatic rings. The Hall–Kier alpha value is -1.23. The lowest BCUT2D eigenvalue weighted by molar-refractivity contribution is 0.597. The maximum Gasteiger partial charge on any atom is 0.178 e. The lowest BCUT2D eigenvalue weighted by Gasteiger charge is -2.00. The molecule has 0 aliphatic carbocycles. The summed E-state index contributed by atoms with van der Waals surface area (Å²) >= 11 is 0. The predicted molar refractivity (Wildman–Crippen MR) is 54.6 cm³/mol. The van der Waals surface area contributed by atoms with Gasteiger partial charge in [0.05, 0.1) is 16.3 Å². The molecule has 0 atom stereocenters. The van der Waals surface area contributed by atoms with Gasteiger partial charge in [-0.2, -0.15) is 10.2 Å². The van der Waals surface area contributed by atoms with Gasteiger partial charge in [0.1, 0.15) is 0 Å². The Bertz CT molecular complexity index is 421. The van der Waals surface area contributed by atoms with E-state index in [9.17, 15) is 8.42 Å². The van der Waals surface area contributed by atoms with Crippen LogP contribution in [0.15, 0.2) is 39.4 Å². The largest absolute Gasteiger partial charge is 0.224 e. The lowest BCUT2D eigenvalue weighted by atomic mass is 10.3. The standard InChI is InChI=1S/C9H12N2O2S/c1-3-14(12,13)9-6-4-8(5-7-9)11-10-2/h4-7H,3H2,1-2H3. The monoisotopic (exact) mass is 212 g/mol. The van der Waals surface area contributed by atoms with Crippen molar-refractivity contribution >= 4 is 15.5 Å². The van der Waals surface area contributed by atoms with E-state index in [-0.39, 0.29) is 5.75 Å². The van der Waals surface area contributed by atoms with Gasteiger partial charge in [0.15, 0.2) is 9.84 Å². The van der Waals surface area contributed by atoms with Crippen LogP contribution in [0.25, 0.3) is 0 Å². The fraction of sp³-hybridized carbons (Fsp3) is 0.333. The maximum absolute atomic E-state index is 11.4. The van der Waals surface area contributed by atoms with Crippen molar-refractivity contribution in [1.82, 2.24) is 0 Å². The average Bonchev–Trinajstić information content (AvgIpc) is 2.19. The van der Waals surface area contributed by atoms with E-state index >= 15 is 0 Å². The molecule has 0 fully saturated rings. The van der Waals surface area contributed by atoms with Crippen molar-refractivity contribution in [1.29, 1.82) is 0 Å². The van der Waals surface area contributed by atoms with Crippen LogP contribution >= 0.6 is 0 Å². The molecule has 1 aromatic carbocycles. The highest BCUT2D eigenvalue weighted by molar-refractivity contribution is 7.91. The first-order valence-electron chi connectivity index (χ1n) is 4.23. The van der Waals surface area contributed by atoms with Gasteiger partial charge in [0, 0.05) is 7.05 Å². The quantitative estimate of drug-likeness (QED) is 0.721. The first-order valence-corrected chi connectivity index (χ1v) is 5.88. The van der Waals surface area contributed by atoms with E-state index < -0.39 is 9.84 Å². The van der Waals surface area contributed by atoms with E-state index in [1.54, 1.807) is 38.2 Å². The fourth-order valence-corrected chi connectivity index (χ4v) is 1.89. The normalized spacial score (nSPS) is 12.1. The molecule has 0 radical (unpaired) electrons. The Morgan fingerprint density at radius 3 is 2.21 bits per heavy atom. The minimum Gasteiger partial charge on any atom is -0.224 e. The summed E-state index contributed by atoms with van der Waals surface area (Å²) in [5, 5.41) is 7.38. The molecule has 0 aromatic heterocycles. The van der Waals surface area contributed by atoms with E-state index in [2.05, 4.69) is 10.2 Å². The summed E-state index contributed by atoms with van der Waals surface area (Å²) in [6, 6.07) is 6.36. The Morgan fingerprint density at radius 2 is 1.79 bits per heavy atom. The predicted octanol–water partition coefficient (Wildman–Crippen LogP) is 2.19. The number of azo groups is 1. The molecule has 0 spiro atoms. The lowest BCUT2D eigenvalue weighted by Crippen LogP contribution is -2.02. The summed E-state index contributed by atoms with van der Waals surface area (Å²) in [5.74, 6) is 0.113. The number of benzene rings is 1. The molecule has 4 nitrogen and oxygen atoms in total. The summed E-state index contributed by atoms with van der Waals surface area (Å²) < 4.78 is 22.8. The molecule has 0 heterocycles. The van der Waals surface area contributed by atoms with Gasteiger partial charge >= 0.3 is 0 Å². The molecule has 0 aliphatic heterocycles. The van der Waals surface area contributed by atoms with Gasteiger partial charge < -0.3 is 0 Å². The van der Waals surface area contributed by atoms with Gasteiger partial charge in [-0.25, -0.2) is 8.42 Å². The topological polar surface area (TPSA) is 58.9 Å². The summed E-state index contributed by atoms with van der Waals surface area (Å²) in [7, 11) is -1.54. The molecule has 1 rings (SSSR count). The van der Waals surface area contributed by atoms with Crippen LogP contribution in [0.3, 0.4) is 0 Å². The number of hydrogen-bond acceptors (Lipinski definition) is 4. The number of rotatable bonds is 3. The third-order valence-corrected chi connectivity index (χ3v) is 3.54. The highest BCUT2D eigenvalue weighted by Crippen LogP contribution is 2.17. The van der Waals surface area contributed by atoms with Crippen molar-refractivity contribution in [3.63, 3.8) is 0 Å². The Balaban J connectivity index is 3.06. The number of nitrogens with zero attached hydrogens (tertiary/aromatic N) is 2. The zero-order chi connectivity index (χ0) is 10.6. The molecule has 0 N–H and O–H groups in total. The van der Waals surface area contributed by atoms with Gasteiger partial charge in [0.2, 0.25) is 0 Å². The SMILES string of the molecule is CCS(=O)(=O)c1ccc(N=NC)cc1. The van der Waals surface area contributed by atoms with Crippen LogP contribution in [0, 0.1) is 0 Å². The first kappa shape index (κ1) is 10.8. The number of sulfone groups is 1. The molecule has 0 bridgehead atoms. The molecule has 0 saturated heterocycles. The van der Waals surface area contributed by atoms with Crippen molar-refractivity contribution in [2.24, 2.45) is 10.2 Å². The molecule has 0 aliphatic rings. The Morgan fingerprint density at radius 1 is 1.21 bits per heavy atom. The van der Waals surface area contributed by atoms with Crippen LogP contribution in [-0.4, -0.2) is 21.2 Å². The maximum atomic E-state index is 11.4. The molecule has 5 heteroatoms. The minimum absolute atomic E-state index is 0.113. The van der Waals surface area contributed by atoms with Gasteiger partial charge in [-0.05, 0) is 24.3 Å². The molecule has 0 amide bonds. The second kappa shape index (κ2) is 4.32. The Labute approximate surface area is 83.6 Å². The molecular formula is C9H12N2O2S. The highest BCUT2D eigenvalue weighted by atomic mass is 32.2. The van der Waals surface area contributed by atoms with Crippen LogP contribution in [0.2, 0.25) is 0 Å². The minimum atomic E-state index is -3.10. The smallest absolute Gasteiger partial charge is 0.178 e. The first-order chi connectivity index (χ1) is 6.60. The third kappa shape index (κ3) is 2.38. The highest BCUT2D eigenvalue weighted by Gasteiger charge is 2.10. The van der Waals surface area contributed by atoms with Crippen LogP contribution < -0.4 is 0 Å². The summed E-state index contributed by atoms with van der Waals surface area (Å²) in [6.07, 6.45) is 0. The molecule has 0 saturated carbocycles. The van der Waals surface area contributed by atoms with Crippen LogP contribution in [0.5, 0.6) is 0 Å². The molecule has 76 valence electrons. The summed E-state index contributed by atoms with van der Waals surface area (Å²) in [6.45, 7) is 1.62. The van der Waals surface area contributed by atoms with Crippen LogP contribution in [-0.2, 0) is 9.84 Å². The second-order valence-electron chi connectivity index (χ2n) is 2.70. The zero-order valence-electron chi connectivity index (χ0n) is 8.14. The molecule has 0 unspecified atom stereocenters. The van der Waals surface area contributed by atoms with Crippen molar-refractivity contribution < 1.29 is 8.42 Å². The molecular weight excluding hydrogens is 200 g/mol. The number of hydrogen-bond donors (Lipinski definition) is 0. The van der Waals surface area contributed by atoms with E-state index in [1.807, 2.05) is 0 Å². The van der Waals surface area contributed by atoms with Gasteiger partial charge in [-0.15, -0.1) is 0 Å². The summed E-state index contributed by atoms with van der Waals surface area (Å²) in [4.78, 5) is 0.329. The van der Waals surface area contributed by atoms with Crippen LogP contribution in [0.4, 0.5) is 5.69 Å². The van der Waals surface area contributed by atoms with E-state index in [4.69, 9.17) is 0 Å². The summed E-state index contributed by atoms with van der Waals surface area (Å²) in [5.41, 5.74) is 0.655. The van der Waals surface area contributed by atoms with Crippen molar-refractivity contribution in [2.75, 3.05) is 12.8 Å². The van der Waals surface area contributed by atoms with Crippen molar-refractivity contribution in [3.05, 3.63) is 24.3 Å². The van der Waals surface area contributed by atoms with Gasteiger partial charge in [-0.1, -0.05) is 6.92 Å². The van der Waals surface area contributed by atoms with Crippen molar-refractivity contribution in [2.45, 2.75) is 11.8 Å². The van der Waals surface area contributed by atoms with E-state index in [0.717, 1.165) is 0 Å². The second-order valence-corrected chi connectivity index (χ2v) is 4.98. The van der Waals surface area contributed by atoms with Gasteiger partial charge in [-0.3, -0.25) is 0 Å². The average molecular weight is 212 g/mol. The van der Waals surface area contributed by atoms with E-state index in [1.165, 1.54) is 0 Å². The van der Waals surface area contributed by atoms with E-state index in [0.29, 0.717) is 10.6 Å². The fourth-order valence-electron chi connectivity index (χ4n) is 1.00. The van der Waals surface area contributed by atoms with Crippen LogP contribution in [0.1, 0.15) is 6.92 Å². The van der Waals surface area contributed by atoms with Crippen molar-refractivity contribution in [3.8, 4) is 0 Å².